The monoisotopic (exact) mass is 318 g/mol. The van der Waals surface area contributed by atoms with Crippen LogP contribution in [-0.2, 0) is 15.0 Å². The van der Waals surface area contributed by atoms with E-state index in [2.05, 4.69) is 26.1 Å². The first kappa shape index (κ1) is 17.5. The lowest BCUT2D eigenvalue weighted by Gasteiger charge is -2.20. The minimum Gasteiger partial charge on any atom is -0.481 e. The Morgan fingerprint density at radius 1 is 1.26 bits per heavy atom. The summed E-state index contributed by atoms with van der Waals surface area (Å²) in [5, 5.41) is 12.1. The summed E-state index contributed by atoms with van der Waals surface area (Å²) in [5.74, 6) is -0.902. The number of benzene rings is 1. The second kappa shape index (κ2) is 6.32. The van der Waals surface area contributed by atoms with Crippen LogP contribution in [0.15, 0.2) is 24.3 Å². The van der Waals surface area contributed by atoms with Crippen LogP contribution in [-0.4, -0.2) is 41.5 Å². The van der Waals surface area contributed by atoms with Crippen molar-refractivity contribution in [2.45, 2.75) is 39.5 Å². The summed E-state index contributed by atoms with van der Waals surface area (Å²) in [5.41, 5.74) is 1.32. The number of nitrogens with one attached hydrogen (secondary N) is 1. The van der Waals surface area contributed by atoms with Crippen LogP contribution < -0.4 is 5.32 Å². The maximum Gasteiger partial charge on any atom is 0.310 e. The Bertz CT molecular complexity index is 589. The summed E-state index contributed by atoms with van der Waals surface area (Å²) in [6.45, 7) is 9.45. The van der Waals surface area contributed by atoms with E-state index in [-0.39, 0.29) is 17.9 Å². The van der Waals surface area contributed by atoms with E-state index in [9.17, 15) is 14.7 Å². The molecule has 0 aromatic heterocycles. The maximum absolute atomic E-state index is 12.1. The second-order valence-corrected chi connectivity index (χ2v) is 7.70. The number of hydrogen-bond acceptors (Lipinski definition) is 3. The molecule has 1 aliphatic heterocycles. The van der Waals surface area contributed by atoms with E-state index in [0.29, 0.717) is 19.5 Å². The van der Waals surface area contributed by atoms with Crippen molar-refractivity contribution >= 4 is 17.6 Å². The third-order valence-corrected chi connectivity index (χ3v) is 4.47. The molecular formula is C18H26N2O3. The van der Waals surface area contributed by atoms with Gasteiger partial charge in [-0.3, -0.25) is 14.5 Å². The molecule has 1 heterocycles. The molecule has 1 atom stereocenters. The van der Waals surface area contributed by atoms with Gasteiger partial charge in [0.1, 0.15) is 0 Å². The summed E-state index contributed by atoms with van der Waals surface area (Å²) in [7, 11) is 0. The van der Waals surface area contributed by atoms with Gasteiger partial charge in [-0.15, -0.1) is 0 Å². The van der Waals surface area contributed by atoms with Crippen molar-refractivity contribution in [1.29, 1.82) is 0 Å². The van der Waals surface area contributed by atoms with E-state index in [0.717, 1.165) is 5.69 Å². The number of aliphatic carboxylic acids is 1. The molecule has 23 heavy (non-hydrogen) atoms. The van der Waals surface area contributed by atoms with Gasteiger partial charge >= 0.3 is 5.97 Å². The first-order chi connectivity index (χ1) is 10.6. The molecule has 1 unspecified atom stereocenters. The quantitative estimate of drug-likeness (QED) is 0.895. The van der Waals surface area contributed by atoms with Crippen LogP contribution in [0, 0.1) is 5.41 Å². The normalized spacial score (nSPS) is 22.1. The number of amides is 1. The van der Waals surface area contributed by atoms with Crippen LogP contribution in [0.2, 0.25) is 0 Å². The van der Waals surface area contributed by atoms with Gasteiger partial charge in [0, 0.05) is 12.2 Å². The summed E-state index contributed by atoms with van der Waals surface area (Å²) in [4.78, 5) is 25.3. The van der Waals surface area contributed by atoms with Crippen molar-refractivity contribution in [3.05, 3.63) is 29.8 Å². The Morgan fingerprint density at radius 2 is 1.87 bits per heavy atom. The Labute approximate surface area is 137 Å². The lowest BCUT2D eigenvalue weighted by atomic mass is 9.87. The van der Waals surface area contributed by atoms with Gasteiger partial charge in [-0.05, 0) is 43.0 Å². The number of anilines is 1. The third kappa shape index (κ3) is 4.32. The van der Waals surface area contributed by atoms with Gasteiger partial charge < -0.3 is 10.4 Å². The zero-order chi connectivity index (χ0) is 17.3. The standard InChI is InChI=1S/C18H26N2O3/c1-17(2,3)13-5-7-14(8-6-13)19-15(21)11-20-10-9-18(4,12-20)16(22)23/h5-8H,9-12H2,1-4H3,(H,19,21)(H,22,23). The van der Waals surface area contributed by atoms with Crippen molar-refractivity contribution < 1.29 is 14.7 Å². The van der Waals surface area contributed by atoms with Crippen molar-refractivity contribution in [2.75, 3.05) is 25.0 Å². The van der Waals surface area contributed by atoms with Crippen molar-refractivity contribution in [3.63, 3.8) is 0 Å². The molecule has 0 saturated carbocycles. The second-order valence-electron chi connectivity index (χ2n) is 7.70. The molecule has 0 aliphatic carbocycles. The fourth-order valence-electron chi connectivity index (χ4n) is 2.82. The minimum atomic E-state index is -0.793. The number of likely N-dealkylation sites (tertiary alicyclic amines) is 1. The predicted octanol–water partition coefficient (Wildman–Crippen LogP) is 2.72. The molecule has 1 aromatic carbocycles. The van der Waals surface area contributed by atoms with Gasteiger partial charge in [-0.1, -0.05) is 32.9 Å². The number of carboxylic acids is 1. The number of carboxylic acid groups (broad SMARTS) is 1. The van der Waals surface area contributed by atoms with Crippen molar-refractivity contribution in [1.82, 2.24) is 4.90 Å². The molecule has 2 N–H and O–H groups in total. The minimum absolute atomic E-state index is 0.0827. The van der Waals surface area contributed by atoms with Gasteiger partial charge in [0.25, 0.3) is 0 Å². The van der Waals surface area contributed by atoms with Crippen molar-refractivity contribution in [2.24, 2.45) is 5.41 Å². The smallest absolute Gasteiger partial charge is 0.310 e. The highest BCUT2D eigenvalue weighted by atomic mass is 16.4. The summed E-state index contributed by atoms with van der Waals surface area (Å²) >= 11 is 0. The Balaban J connectivity index is 1.90. The fraction of sp³-hybridized carbons (Fsp3) is 0.556. The molecule has 1 fully saturated rings. The van der Waals surface area contributed by atoms with E-state index < -0.39 is 11.4 Å². The third-order valence-electron chi connectivity index (χ3n) is 4.47. The van der Waals surface area contributed by atoms with E-state index in [1.807, 2.05) is 29.2 Å². The largest absolute Gasteiger partial charge is 0.481 e. The van der Waals surface area contributed by atoms with E-state index >= 15 is 0 Å². The van der Waals surface area contributed by atoms with Gasteiger partial charge in [-0.25, -0.2) is 0 Å². The van der Waals surface area contributed by atoms with E-state index in [1.54, 1.807) is 6.92 Å². The first-order valence-corrected chi connectivity index (χ1v) is 7.96. The first-order valence-electron chi connectivity index (χ1n) is 7.96. The maximum atomic E-state index is 12.1. The highest BCUT2D eigenvalue weighted by molar-refractivity contribution is 5.92. The molecule has 2 rings (SSSR count). The van der Waals surface area contributed by atoms with Crippen LogP contribution in [0.25, 0.3) is 0 Å². The molecule has 0 radical (unpaired) electrons. The number of hydrogen-bond donors (Lipinski definition) is 2. The lowest BCUT2D eigenvalue weighted by molar-refractivity contribution is -0.147. The molecular weight excluding hydrogens is 292 g/mol. The summed E-state index contributed by atoms with van der Waals surface area (Å²) in [6, 6.07) is 7.85. The topological polar surface area (TPSA) is 69.6 Å². The molecule has 1 aromatic rings. The number of carbonyl (C=O) groups is 2. The molecule has 126 valence electrons. The van der Waals surface area contributed by atoms with Gasteiger partial charge in [-0.2, -0.15) is 0 Å². The molecule has 1 aliphatic rings. The van der Waals surface area contributed by atoms with Crippen LogP contribution in [0.1, 0.15) is 39.7 Å². The highest BCUT2D eigenvalue weighted by Crippen LogP contribution is 2.30. The summed E-state index contributed by atoms with van der Waals surface area (Å²) in [6.07, 6.45) is 0.579. The van der Waals surface area contributed by atoms with E-state index in [4.69, 9.17) is 0 Å². The number of nitrogens with zero attached hydrogens (tertiary/aromatic N) is 1. The average molecular weight is 318 g/mol. The van der Waals surface area contributed by atoms with Crippen molar-refractivity contribution in [3.8, 4) is 0 Å². The molecule has 0 spiro atoms. The van der Waals surface area contributed by atoms with Gasteiger partial charge in [0.2, 0.25) is 5.91 Å². The SMILES string of the molecule is CC1(C(=O)O)CCN(CC(=O)Nc2ccc(C(C)(C)C)cc2)C1. The molecule has 1 amide bonds. The molecule has 0 bridgehead atoms. The average Bonchev–Trinajstić information content (AvgIpc) is 2.81. The van der Waals surface area contributed by atoms with Crippen LogP contribution in [0.5, 0.6) is 0 Å². The Hall–Kier alpha value is -1.88. The zero-order valence-electron chi connectivity index (χ0n) is 14.3. The van der Waals surface area contributed by atoms with Crippen LogP contribution in [0.3, 0.4) is 0 Å². The predicted molar refractivity (Wildman–Crippen MR) is 90.6 cm³/mol. The Kier molecular flexibility index (Phi) is 4.80. The number of rotatable bonds is 4. The highest BCUT2D eigenvalue weighted by Gasteiger charge is 2.40. The molecule has 1 saturated heterocycles. The Morgan fingerprint density at radius 3 is 2.35 bits per heavy atom. The molecule has 5 nitrogen and oxygen atoms in total. The van der Waals surface area contributed by atoms with E-state index in [1.165, 1.54) is 5.56 Å². The molecule has 5 heteroatoms. The summed E-state index contributed by atoms with van der Waals surface area (Å²) < 4.78 is 0. The fourth-order valence-corrected chi connectivity index (χ4v) is 2.82. The van der Waals surface area contributed by atoms with Crippen LogP contribution in [0.4, 0.5) is 5.69 Å². The zero-order valence-corrected chi connectivity index (χ0v) is 14.3. The van der Waals surface area contributed by atoms with Gasteiger partial charge in [0.15, 0.2) is 0 Å². The van der Waals surface area contributed by atoms with Crippen LogP contribution >= 0.6 is 0 Å². The lowest BCUT2D eigenvalue weighted by Crippen LogP contribution is -2.35. The van der Waals surface area contributed by atoms with Gasteiger partial charge in [0.05, 0.1) is 12.0 Å². The number of carbonyl (C=O) groups excluding carboxylic acids is 1.